The maximum atomic E-state index is 13.5. The Kier molecular flexibility index (Phi) is 5.24. The zero-order valence-corrected chi connectivity index (χ0v) is 18.0. The van der Waals surface area contributed by atoms with Crippen molar-refractivity contribution < 1.29 is 9.59 Å². The quantitative estimate of drug-likeness (QED) is 0.755. The van der Waals surface area contributed by atoms with Gasteiger partial charge in [0.1, 0.15) is 11.7 Å². The lowest BCUT2D eigenvalue weighted by molar-refractivity contribution is -0.128. The van der Waals surface area contributed by atoms with Crippen molar-refractivity contribution in [2.45, 2.75) is 63.5 Å². The normalized spacial score (nSPS) is 29.4. The van der Waals surface area contributed by atoms with Crippen molar-refractivity contribution in [2.75, 3.05) is 0 Å². The molecule has 1 heterocycles. The molecule has 0 saturated heterocycles. The van der Waals surface area contributed by atoms with Gasteiger partial charge in [-0.15, -0.1) is 0 Å². The van der Waals surface area contributed by atoms with Gasteiger partial charge in [0, 0.05) is 18.2 Å². The first-order valence-electron chi connectivity index (χ1n) is 11.4. The van der Waals surface area contributed by atoms with Crippen LogP contribution in [0.2, 0.25) is 0 Å². The van der Waals surface area contributed by atoms with Gasteiger partial charge in [0.2, 0.25) is 5.91 Å². The number of amides is 2. The van der Waals surface area contributed by atoms with Crippen LogP contribution >= 0.6 is 0 Å². The number of carbonyl (C=O) groups excluding carboxylic acids is 2. The molecule has 4 saturated carbocycles. The molecule has 2 aromatic rings. The summed E-state index contributed by atoms with van der Waals surface area (Å²) in [5.41, 5.74) is 1.90. The van der Waals surface area contributed by atoms with Crippen molar-refractivity contribution in [3.05, 3.63) is 59.7 Å². The van der Waals surface area contributed by atoms with Crippen molar-refractivity contribution in [3.63, 3.8) is 0 Å². The fraction of sp³-hybridized carbons (Fsp3) is 0.520. The number of nitrogens with one attached hydrogen (secondary N) is 2. The minimum atomic E-state index is -0.647. The summed E-state index contributed by atoms with van der Waals surface area (Å²) in [6.07, 6.45) is 10.7. The van der Waals surface area contributed by atoms with E-state index in [0.29, 0.717) is 6.42 Å². The Hall–Kier alpha value is -2.76. The van der Waals surface area contributed by atoms with Gasteiger partial charge in [-0.3, -0.25) is 14.6 Å². The summed E-state index contributed by atoms with van der Waals surface area (Å²) in [5, 5.41) is 6.35. The fourth-order valence-corrected chi connectivity index (χ4v) is 6.41. The van der Waals surface area contributed by atoms with Gasteiger partial charge >= 0.3 is 0 Å². The second-order valence-corrected chi connectivity index (χ2v) is 9.95. The second kappa shape index (κ2) is 8.06. The van der Waals surface area contributed by atoms with Crippen LogP contribution in [-0.2, 0) is 11.2 Å². The Balaban J connectivity index is 1.34. The van der Waals surface area contributed by atoms with E-state index in [2.05, 4.69) is 20.6 Å². The summed E-state index contributed by atoms with van der Waals surface area (Å²) in [4.78, 5) is 34.7. The number of benzene rings is 1. The average molecular weight is 419 g/mol. The molecule has 6 rings (SSSR count). The van der Waals surface area contributed by atoms with E-state index in [0.717, 1.165) is 48.3 Å². The highest BCUT2D eigenvalue weighted by Gasteiger charge is 2.51. The predicted octanol–water partition coefficient (Wildman–Crippen LogP) is 3.21. The van der Waals surface area contributed by atoms with Crippen LogP contribution in [0, 0.1) is 24.7 Å². The van der Waals surface area contributed by atoms with Gasteiger partial charge in [-0.1, -0.05) is 30.3 Å². The largest absolute Gasteiger partial charge is 0.349 e. The first-order valence-corrected chi connectivity index (χ1v) is 11.4. The maximum Gasteiger partial charge on any atom is 0.272 e. The zero-order valence-electron chi connectivity index (χ0n) is 18.0. The van der Waals surface area contributed by atoms with Gasteiger partial charge in [-0.05, 0) is 68.8 Å². The van der Waals surface area contributed by atoms with Gasteiger partial charge in [0.25, 0.3) is 5.91 Å². The van der Waals surface area contributed by atoms with E-state index in [-0.39, 0.29) is 23.0 Å². The third kappa shape index (κ3) is 4.34. The number of aromatic nitrogens is 2. The van der Waals surface area contributed by atoms with Gasteiger partial charge in [0.15, 0.2) is 0 Å². The SMILES string of the molecule is Cc1cnc(C(=O)N[C@@H](Cc2ccccc2)C(=O)NC23CC4CC(CC(C4)C2)C3)cn1. The third-order valence-corrected chi connectivity index (χ3v) is 7.34. The van der Waals surface area contributed by atoms with E-state index in [1.54, 1.807) is 6.20 Å². The number of aryl methyl sites for hydroxylation is 1. The Labute approximate surface area is 183 Å². The predicted molar refractivity (Wildman–Crippen MR) is 117 cm³/mol. The second-order valence-electron chi connectivity index (χ2n) is 9.95. The molecule has 162 valence electrons. The highest BCUT2D eigenvalue weighted by Crippen LogP contribution is 2.55. The highest BCUT2D eigenvalue weighted by molar-refractivity contribution is 5.96. The van der Waals surface area contributed by atoms with Crippen LogP contribution in [-0.4, -0.2) is 33.4 Å². The molecule has 0 unspecified atom stereocenters. The van der Waals surface area contributed by atoms with Crippen LogP contribution in [0.1, 0.15) is 60.3 Å². The summed E-state index contributed by atoms with van der Waals surface area (Å²) in [7, 11) is 0. The fourth-order valence-electron chi connectivity index (χ4n) is 6.41. The van der Waals surface area contributed by atoms with E-state index in [1.807, 2.05) is 37.3 Å². The van der Waals surface area contributed by atoms with E-state index in [4.69, 9.17) is 0 Å². The molecule has 1 aromatic carbocycles. The van der Waals surface area contributed by atoms with Gasteiger partial charge in [-0.2, -0.15) is 0 Å². The lowest BCUT2D eigenvalue weighted by Crippen LogP contribution is -2.63. The van der Waals surface area contributed by atoms with Crippen LogP contribution < -0.4 is 10.6 Å². The lowest BCUT2D eigenvalue weighted by Gasteiger charge is -2.57. The minimum absolute atomic E-state index is 0.0841. The van der Waals surface area contributed by atoms with Crippen LogP contribution in [0.4, 0.5) is 0 Å². The molecule has 1 atom stereocenters. The minimum Gasteiger partial charge on any atom is -0.349 e. The monoisotopic (exact) mass is 418 g/mol. The summed E-state index contributed by atoms with van der Waals surface area (Å²) in [6, 6.07) is 9.19. The standard InChI is InChI=1S/C25H30N4O2/c1-16-14-27-22(15-26-16)23(30)28-21(10-17-5-3-2-4-6-17)24(31)29-25-11-18-7-19(12-25)9-20(8-18)13-25/h2-6,14-15,18-21H,7-13H2,1H3,(H,28,30)(H,29,31)/t18?,19?,20?,21-,25?/m0/s1. The number of rotatable bonds is 6. The topological polar surface area (TPSA) is 84.0 Å². The van der Waals surface area contributed by atoms with Crippen LogP contribution in [0.5, 0.6) is 0 Å². The van der Waals surface area contributed by atoms with E-state index >= 15 is 0 Å². The molecule has 0 spiro atoms. The Morgan fingerprint density at radius 3 is 2.23 bits per heavy atom. The molecule has 6 nitrogen and oxygen atoms in total. The van der Waals surface area contributed by atoms with Crippen molar-refractivity contribution in [2.24, 2.45) is 17.8 Å². The number of hydrogen-bond donors (Lipinski definition) is 2. The van der Waals surface area contributed by atoms with Gasteiger partial charge in [-0.25, -0.2) is 4.98 Å². The Morgan fingerprint density at radius 2 is 1.65 bits per heavy atom. The van der Waals surface area contributed by atoms with Crippen molar-refractivity contribution in [1.82, 2.24) is 20.6 Å². The average Bonchev–Trinajstić information content (AvgIpc) is 2.73. The molecule has 2 amide bonds. The molecule has 1 aromatic heterocycles. The van der Waals surface area contributed by atoms with Crippen LogP contribution in [0.3, 0.4) is 0 Å². The molecule has 0 aliphatic heterocycles. The van der Waals surface area contributed by atoms with Crippen molar-refractivity contribution in [1.29, 1.82) is 0 Å². The molecule has 4 aliphatic carbocycles. The first kappa shape index (κ1) is 20.2. The number of carbonyl (C=O) groups is 2. The van der Waals surface area contributed by atoms with Gasteiger partial charge < -0.3 is 10.6 Å². The zero-order chi connectivity index (χ0) is 21.4. The Bertz CT molecular complexity index is 922. The van der Waals surface area contributed by atoms with Crippen LogP contribution in [0.25, 0.3) is 0 Å². The summed E-state index contributed by atoms with van der Waals surface area (Å²) in [5.74, 6) is 1.79. The summed E-state index contributed by atoms with van der Waals surface area (Å²) in [6.45, 7) is 1.83. The molecule has 2 N–H and O–H groups in total. The van der Waals surface area contributed by atoms with E-state index < -0.39 is 6.04 Å². The molecule has 4 fully saturated rings. The molecule has 0 radical (unpaired) electrons. The molecule has 4 aliphatic rings. The first-order chi connectivity index (χ1) is 15.0. The smallest absolute Gasteiger partial charge is 0.272 e. The van der Waals surface area contributed by atoms with Gasteiger partial charge in [0.05, 0.1) is 11.9 Å². The van der Waals surface area contributed by atoms with E-state index in [1.165, 1.54) is 25.5 Å². The van der Waals surface area contributed by atoms with E-state index in [9.17, 15) is 9.59 Å². The van der Waals surface area contributed by atoms with Crippen molar-refractivity contribution in [3.8, 4) is 0 Å². The summed E-state index contributed by atoms with van der Waals surface area (Å²) >= 11 is 0. The molecule has 6 heteroatoms. The lowest BCUT2D eigenvalue weighted by atomic mass is 9.53. The van der Waals surface area contributed by atoms with Crippen LogP contribution in [0.15, 0.2) is 42.7 Å². The number of nitrogens with zero attached hydrogens (tertiary/aromatic N) is 2. The summed E-state index contributed by atoms with van der Waals surface area (Å²) < 4.78 is 0. The van der Waals surface area contributed by atoms with Crippen molar-refractivity contribution >= 4 is 11.8 Å². The molecular weight excluding hydrogens is 388 g/mol. The third-order valence-electron chi connectivity index (χ3n) is 7.34. The highest BCUT2D eigenvalue weighted by atomic mass is 16.2. The number of hydrogen-bond acceptors (Lipinski definition) is 4. The molecule has 4 bridgehead atoms. The Morgan fingerprint density at radius 1 is 1.00 bits per heavy atom. The molecule has 31 heavy (non-hydrogen) atoms. The maximum absolute atomic E-state index is 13.5. The molecular formula is C25H30N4O2.